The van der Waals surface area contributed by atoms with Crippen molar-refractivity contribution in [2.75, 3.05) is 13.2 Å². The van der Waals surface area contributed by atoms with Crippen molar-refractivity contribution < 1.29 is 23.7 Å². The van der Waals surface area contributed by atoms with Crippen molar-refractivity contribution in [1.82, 2.24) is 5.32 Å². The van der Waals surface area contributed by atoms with E-state index in [4.69, 9.17) is 9.84 Å². The van der Waals surface area contributed by atoms with Crippen LogP contribution in [-0.2, 0) is 6.54 Å². The highest BCUT2D eigenvalue weighted by atomic mass is 19.3. The summed E-state index contributed by atoms with van der Waals surface area (Å²) in [5.74, 6) is 0.338. The molecule has 102 valence electrons. The van der Waals surface area contributed by atoms with Gasteiger partial charge < -0.3 is 20.3 Å². The van der Waals surface area contributed by atoms with Crippen LogP contribution in [0.4, 0.5) is 8.78 Å². The lowest BCUT2D eigenvalue weighted by Crippen LogP contribution is -2.31. The molecule has 0 heterocycles. The normalized spacial score (nSPS) is 12.7. The van der Waals surface area contributed by atoms with Gasteiger partial charge in [0.15, 0.2) is 11.5 Å². The molecule has 0 aliphatic heterocycles. The topological polar surface area (TPSA) is 61.7 Å². The van der Waals surface area contributed by atoms with E-state index in [9.17, 15) is 13.9 Å². The molecule has 4 nitrogen and oxygen atoms in total. The predicted molar refractivity (Wildman–Crippen MR) is 63.0 cm³/mol. The highest BCUT2D eigenvalue weighted by molar-refractivity contribution is 5.45. The molecule has 1 aromatic carbocycles. The van der Waals surface area contributed by atoms with Gasteiger partial charge >= 0.3 is 0 Å². The molecule has 0 spiro atoms. The van der Waals surface area contributed by atoms with Gasteiger partial charge in [0, 0.05) is 18.7 Å². The van der Waals surface area contributed by atoms with Gasteiger partial charge in [-0.15, -0.1) is 0 Å². The number of halogens is 2. The Bertz CT molecular complexity index is 374. The highest BCUT2D eigenvalue weighted by Gasteiger charge is 2.16. The standard InChI is InChI=1S/C12H17F2NO3/c1-2-18-10-5-3-4-8(11(10)17)6-15-7-9(16)12(13)14/h3-5,9,12,15-17H,2,6-7H2,1H3. The Balaban J connectivity index is 2.54. The first-order valence-electron chi connectivity index (χ1n) is 5.66. The van der Waals surface area contributed by atoms with Gasteiger partial charge in [-0.1, -0.05) is 12.1 Å². The maximum atomic E-state index is 12.0. The Labute approximate surface area is 104 Å². The number of hydrogen-bond donors (Lipinski definition) is 3. The summed E-state index contributed by atoms with van der Waals surface area (Å²) < 4.78 is 29.3. The summed E-state index contributed by atoms with van der Waals surface area (Å²) in [5.41, 5.74) is 0.530. The number of aliphatic hydroxyl groups excluding tert-OH is 1. The van der Waals surface area contributed by atoms with E-state index in [0.717, 1.165) is 0 Å². The fourth-order valence-electron chi connectivity index (χ4n) is 1.43. The van der Waals surface area contributed by atoms with Crippen LogP contribution in [0.1, 0.15) is 12.5 Å². The van der Waals surface area contributed by atoms with Crippen LogP contribution < -0.4 is 10.1 Å². The summed E-state index contributed by atoms with van der Waals surface area (Å²) in [6.45, 7) is 2.16. The number of hydrogen-bond acceptors (Lipinski definition) is 4. The van der Waals surface area contributed by atoms with Crippen LogP contribution in [0.3, 0.4) is 0 Å². The van der Waals surface area contributed by atoms with Crippen molar-refractivity contribution in [3.05, 3.63) is 23.8 Å². The number of nitrogens with one attached hydrogen (secondary N) is 1. The van der Waals surface area contributed by atoms with Crippen LogP contribution in [0.2, 0.25) is 0 Å². The molecule has 0 saturated carbocycles. The van der Waals surface area contributed by atoms with E-state index in [1.165, 1.54) is 0 Å². The van der Waals surface area contributed by atoms with Gasteiger partial charge in [0.25, 0.3) is 6.43 Å². The molecule has 0 fully saturated rings. The quantitative estimate of drug-likeness (QED) is 0.696. The lowest BCUT2D eigenvalue weighted by molar-refractivity contribution is -0.00342. The predicted octanol–water partition coefficient (Wildman–Crippen LogP) is 1.51. The maximum Gasteiger partial charge on any atom is 0.265 e. The second-order valence-corrected chi connectivity index (χ2v) is 3.73. The Morgan fingerprint density at radius 3 is 2.72 bits per heavy atom. The van der Waals surface area contributed by atoms with Gasteiger partial charge in [0.05, 0.1) is 6.61 Å². The Hall–Kier alpha value is -1.40. The van der Waals surface area contributed by atoms with E-state index in [1.54, 1.807) is 25.1 Å². The number of rotatable bonds is 7. The Morgan fingerprint density at radius 1 is 1.39 bits per heavy atom. The minimum Gasteiger partial charge on any atom is -0.504 e. The van der Waals surface area contributed by atoms with Crippen LogP contribution >= 0.6 is 0 Å². The van der Waals surface area contributed by atoms with E-state index in [-0.39, 0.29) is 18.8 Å². The van der Waals surface area contributed by atoms with Gasteiger partial charge in [-0.25, -0.2) is 8.78 Å². The van der Waals surface area contributed by atoms with E-state index in [2.05, 4.69) is 5.32 Å². The van der Waals surface area contributed by atoms with Crippen molar-refractivity contribution in [2.24, 2.45) is 0 Å². The minimum absolute atomic E-state index is 0.0154. The fraction of sp³-hybridized carbons (Fsp3) is 0.500. The summed E-state index contributed by atoms with van der Waals surface area (Å²) in [6, 6.07) is 4.97. The minimum atomic E-state index is -2.78. The van der Waals surface area contributed by atoms with Crippen LogP contribution in [0.15, 0.2) is 18.2 Å². The van der Waals surface area contributed by atoms with E-state index in [0.29, 0.717) is 17.9 Å². The first-order valence-corrected chi connectivity index (χ1v) is 5.66. The maximum absolute atomic E-state index is 12.0. The number of aromatic hydroxyl groups is 1. The number of phenols is 1. The smallest absolute Gasteiger partial charge is 0.265 e. The van der Waals surface area contributed by atoms with Crippen molar-refractivity contribution in [1.29, 1.82) is 0 Å². The monoisotopic (exact) mass is 261 g/mol. The molecular formula is C12H17F2NO3. The molecule has 1 rings (SSSR count). The van der Waals surface area contributed by atoms with Gasteiger partial charge in [0.2, 0.25) is 0 Å². The van der Waals surface area contributed by atoms with Crippen LogP contribution in [-0.4, -0.2) is 35.9 Å². The molecule has 0 aromatic heterocycles. The zero-order valence-corrected chi connectivity index (χ0v) is 10.1. The molecule has 1 atom stereocenters. The van der Waals surface area contributed by atoms with Gasteiger partial charge in [-0.05, 0) is 13.0 Å². The van der Waals surface area contributed by atoms with Crippen molar-refractivity contribution in [3.63, 3.8) is 0 Å². The molecule has 0 bridgehead atoms. The zero-order valence-electron chi connectivity index (χ0n) is 10.1. The van der Waals surface area contributed by atoms with Gasteiger partial charge in [0.1, 0.15) is 6.10 Å². The molecule has 0 aliphatic rings. The van der Waals surface area contributed by atoms with Gasteiger partial charge in [-0.3, -0.25) is 0 Å². The van der Waals surface area contributed by atoms with Crippen LogP contribution in [0, 0.1) is 0 Å². The summed E-state index contributed by atoms with van der Waals surface area (Å²) in [4.78, 5) is 0. The highest BCUT2D eigenvalue weighted by Crippen LogP contribution is 2.29. The summed E-state index contributed by atoms with van der Waals surface area (Å²) in [7, 11) is 0. The van der Waals surface area contributed by atoms with Gasteiger partial charge in [-0.2, -0.15) is 0 Å². The average Bonchev–Trinajstić information content (AvgIpc) is 2.33. The molecule has 3 N–H and O–H groups in total. The second kappa shape index (κ2) is 7.13. The lowest BCUT2D eigenvalue weighted by atomic mass is 10.2. The third kappa shape index (κ3) is 4.12. The number of phenolic OH excluding ortho intramolecular Hbond substituents is 1. The zero-order chi connectivity index (χ0) is 13.5. The molecule has 1 unspecified atom stereocenters. The Morgan fingerprint density at radius 2 is 2.11 bits per heavy atom. The first-order chi connectivity index (χ1) is 8.56. The number of benzene rings is 1. The van der Waals surface area contributed by atoms with Crippen LogP contribution in [0.25, 0.3) is 0 Å². The summed E-state index contributed by atoms with van der Waals surface area (Å²) in [6.07, 6.45) is -4.48. The van der Waals surface area contributed by atoms with Crippen molar-refractivity contribution >= 4 is 0 Å². The molecular weight excluding hydrogens is 244 g/mol. The SMILES string of the molecule is CCOc1cccc(CNCC(O)C(F)F)c1O. The molecule has 0 radical (unpaired) electrons. The third-order valence-electron chi connectivity index (χ3n) is 2.34. The molecule has 0 saturated heterocycles. The van der Waals surface area contributed by atoms with Crippen molar-refractivity contribution in [2.45, 2.75) is 26.0 Å². The lowest BCUT2D eigenvalue weighted by Gasteiger charge is -2.13. The van der Waals surface area contributed by atoms with E-state index in [1.807, 2.05) is 0 Å². The number of para-hydroxylation sites is 1. The van der Waals surface area contributed by atoms with Crippen molar-refractivity contribution in [3.8, 4) is 11.5 Å². The molecule has 18 heavy (non-hydrogen) atoms. The summed E-state index contributed by atoms with van der Waals surface area (Å²) in [5, 5.41) is 21.4. The summed E-state index contributed by atoms with van der Waals surface area (Å²) >= 11 is 0. The van der Waals surface area contributed by atoms with E-state index >= 15 is 0 Å². The first kappa shape index (κ1) is 14.7. The molecule has 6 heteroatoms. The molecule has 0 aliphatic carbocycles. The Kier molecular flexibility index (Phi) is 5.80. The number of ether oxygens (including phenoxy) is 1. The van der Waals surface area contributed by atoms with Crippen LogP contribution in [0.5, 0.6) is 11.5 Å². The fourth-order valence-corrected chi connectivity index (χ4v) is 1.43. The largest absolute Gasteiger partial charge is 0.504 e. The third-order valence-corrected chi connectivity index (χ3v) is 2.34. The average molecular weight is 261 g/mol. The number of alkyl halides is 2. The molecule has 0 amide bonds. The van der Waals surface area contributed by atoms with E-state index < -0.39 is 12.5 Å². The number of aliphatic hydroxyl groups is 1. The molecule has 1 aromatic rings. The second-order valence-electron chi connectivity index (χ2n) is 3.73.